The van der Waals surface area contributed by atoms with Crippen LogP contribution >= 0.6 is 0 Å². The highest BCUT2D eigenvalue weighted by molar-refractivity contribution is 5.85. The van der Waals surface area contributed by atoms with Gasteiger partial charge < -0.3 is 19.3 Å². The molecule has 0 N–H and O–H groups in total. The Morgan fingerprint density at radius 2 is 1.86 bits per heavy atom. The number of carbonyl (C=O) groups is 2. The van der Waals surface area contributed by atoms with Crippen molar-refractivity contribution in [2.24, 2.45) is 0 Å². The van der Waals surface area contributed by atoms with Gasteiger partial charge in [-0.25, -0.2) is 9.18 Å². The van der Waals surface area contributed by atoms with Gasteiger partial charge in [0.2, 0.25) is 5.91 Å². The molecule has 6 nitrogen and oxygen atoms in total. The van der Waals surface area contributed by atoms with Crippen LogP contribution in [0.2, 0.25) is 0 Å². The van der Waals surface area contributed by atoms with Crippen molar-refractivity contribution in [3.05, 3.63) is 59.7 Å². The highest BCUT2D eigenvalue weighted by atomic mass is 19.1. The summed E-state index contributed by atoms with van der Waals surface area (Å²) in [5.41, 5.74) is 1.37. The largest absolute Gasteiger partial charge is 0.348 e. The third-order valence-electron chi connectivity index (χ3n) is 5.48. The molecule has 28 heavy (non-hydrogen) atoms. The second kappa shape index (κ2) is 7.30. The number of amides is 3. The van der Waals surface area contributed by atoms with Gasteiger partial charge in [-0.05, 0) is 31.0 Å². The molecule has 1 aliphatic heterocycles. The van der Waals surface area contributed by atoms with Gasteiger partial charge in [-0.2, -0.15) is 0 Å². The summed E-state index contributed by atoms with van der Waals surface area (Å²) >= 11 is 0. The van der Waals surface area contributed by atoms with E-state index in [0.717, 1.165) is 18.5 Å². The first-order valence-electron chi connectivity index (χ1n) is 9.64. The van der Waals surface area contributed by atoms with E-state index < -0.39 is 6.04 Å². The molecule has 1 aromatic heterocycles. The highest BCUT2D eigenvalue weighted by Crippen LogP contribution is 2.34. The molecular weight excluding hydrogens is 359 g/mol. The zero-order valence-corrected chi connectivity index (χ0v) is 16.2. The number of rotatable bonds is 4. The normalized spacial score (nSPS) is 18.5. The molecule has 2 heterocycles. The number of hydrogen-bond acceptors (Lipinski definition) is 2. The van der Waals surface area contributed by atoms with E-state index in [1.807, 2.05) is 18.3 Å². The van der Waals surface area contributed by atoms with E-state index >= 15 is 0 Å². The lowest BCUT2D eigenvalue weighted by molar-refractivity contribution is -0.134. The number of halogens is 1. The van der Waals surface area contributed by atoms with Crippen molar-refractivity contribution in [2.75, 3.05) is 27.2 Å². The number of benzene rings is 1. The van der Waals surface area contributed by atoms with Gasteiger partial charge in [-0.15, -0.1) is 0 Å². The number of aromatic nitrogens is 1. The smallest absolute Gasteiger partial charge is 0.320 e. The molecule has 2 aromatic rings. The highest BCUT2D eigenvalue weighted by Gasteiger charge is 2.39. The van der Waals surface area contributed by atoms with Crippen molar-refractivity contribution >= 4 is 11.9 Å². The summed E-state index contributed by atoms with van der Waals surface area (Å²) < 4.78 is 16.7. The van der Waals surface area contributed by atoms with E-state index in [2.05, 4.69) is 4.57 Å². The molecule has 0 spiro atoms. The minimum Gasteiger partial charge on any atom is -0.348 e. The van der Waals surface area contributed by atoms with Crippen LogP contribution in [0, 0.1) is 5.82 Å². The molecule has 1 aliphatic carbocycles. The summed E-state index contributed by atoms with van der Waals surface area (Å²) in [4.78, 5) is 30.7. The van der Waals surface area contributed by atoms with Gasteiger partial charge in [0.15, 0.2) is 0 Å². The van der Waals surface area contributed by atoms with E-state index in [9.17, 15) is 14.0 Å². The van der Waals surface area contributed by atoms with Crippen LogP contribution in [0.15, 0.2) is 42.6 Å². The van der Waals surface area contributed by atoms with Crippen molar-refractivity contribution in [1.29, 1.82) is 0 Å². The summed E-state index contributed by atoms with van der Waals surface area (Å²) in [6.07, 6.45) is 3.80. The molecule has 1 saturated carbocycles. The topological polar surface area (TPSA) is 48.8 Å². The Hall–Kier alpha value is -2.83. The minimum atomic E-state index is -0.493. The summed E-state index contributed by atoms with van der Waals surface area (Å²) in [6.45, 7) is 1.16. The second-order valence-electron chi connectivity index (χ2n) is 7.67. The van der Waals surface area contributed by atoms with Gasteiger partial charge in [-0.1, -0.05) is 18.2 Å². The Balaban J connectivity index is 1.64. The standard InChI is InChI=1S/C21H25FN4O2/c1-23(2)21(28)26(15-9-10-15)14-19(27)25-13-12-24-11-5-8-18(24)20(25)16-6-3-4-7-17(16)22/h3-8,11,15,20H,9-10,12-14H2,1-2H3/t20-/m0/s1. The van der Waals surface area contributed by atoms with Crippen LogP contribution in [0.4, 0.5) is 9.18 Å². The summed E-state index contributed by atoms with van der Waals surface area (Å²) in [5, 5.41) is 0. The summed E-state index contributed by atoms with van der Waals surface area (Å²) in [7, 11) is 3.39. The van der Waals surface area contributed by atoms with Gasteiger partial charge >= 0.3 is 6.03 Å². The fourth-order valence-corrected chi connectivity index (χ4v) is 3.91. The number of fused-ring (bicyclic) bond motifs is 1. The Bertz CT molecular complexity index is 890. The first-order chi connectivity index (χ1) is 13.5. The molecule has 2 aliphatic rings. The third kappa shape index (κ3) is 3.37. The molecule has 0 radical (unpaired) electrons. The van der Waals surface area contributed by atoms with Gasteiger partial charge in [0, 0.05) is 50.7 Å². The van der Waals surface area contributed by atoms with E-state index in [1.54, 1.807) is 42.1 Å². The molecule has 3 amide bonds. The van der Waals surface area contributed by atoms with Crippen LogP contribution in [0.3, 0.4) is 0 Å². The average Bonchev–Trinajstić information content (AvgIpc) is 3.41. The van der Waals surface area contributed by atoms with Gasteiger partial charge in [0.1, 0.15) is 18.4 Å². The van der Waals surface area contributed by atoms with Crippen molar-refractivity contribution in [1.82, 2.24) is 19.3 Å². The second-order valence-corrected chi connectivity index (χ2v) is 7.67. The third-order valence-corrected chi connectivity index (χ3v) is 5.48. The van der Waals surface area contributed by atoms with Crippen molar-refractivity contribution in [3.8, 4) is 0 Å². The Kier molecular flexibility index (Phi) is 4.83. The maximum Gasteiger partial charge on any atom is 0.320 e. The lowest BCUT2D eigenvalue weighted by Crippen LogP contribution is -2.50. The summed E-state index contributed by atoms with van der Waals surface area (Å²) in [5.74, 6) is -0.480. The zero-order valence-electron chi connectivity index (χ0n) is 16.2. The first-order valence-corrected chi connectivity index (χ1v) is 9.64. The van der Waals surface area contributed by atoms with E-state index in [-0.39, 0.29) is 30.3 Å². The van der Waals surface area contributed by atoms with Crippen LogP contribution < -0.4 is 0 Å². The Morgan fingerprint density at radius 1 is 1.11 bits per heavy atom. The Labute approximate surface area is 164 Å². The summed E-state index contributed by atoms with van der Waals surface area (Å²) in [6, 6.07) is 9.92. The predicted octanol–water partition coefficient (Wildman–Crippen LogP) is 2.70. The van der Waals surface area contributed by atoms with E-state index in [1.165, 1.54) is 11.0 Å². The van der Waals surface area contributed by atoms with Crippen molar-refractivity contribution in [2.45, 2.75) is 31.5 Å². The van der Waals surface area contributed by atoms with Crippen molar-refractivity contribution in [3.63, 3.8) is 0 Å². The molecular formula is C21H25FN4O2. The van der Waals surface area contributed by atoms with Crippen LogP contribution in [-0.4, -0.2) is 64.4 Å². The minimum absolute atomic E-state index is 0.0212. The number of hydrogen-bond donors (Lipinski definition) is 0. The molecule has 0 unspecified atom stereocenters. The number of urea groups is 1. The SMILES string of the molecule is CN(C)C(=O)N(CC(=O)N1CCn2cccc2[C@@H]1c1ccccc1F)C1CC1. The molecule has 1 aromatic carbocycles. The number of nitrogens with zero attached hydrogens (tertiary/aromatic N) is 4. The molecule has 0 bridgehead atoms. The zero-order chi connectivity index (χ0) is 19.8. The lowest BCUT2D eigenvalue weighted by Gasteiger charge is -2.38. The van der Waals surface area contributed by atoms with Gasteiger partial charge in [-0.3, -0.25) is 4.79 Å². The van der Waals surface area contributed by atoms with Crippen LogP contribution in [0.1, 0.15) is 30.1 Å². The average molecular weight is 384 g/mol. The van der Waals surface area contributed by atoms with E-state index in [0.29, 0.717) is 18.7 Å². The monoisotopic (exact) mass is 384 g/mol. The molecule has 1 fully saturated rings. The fraction of sp³-hybridized carbons (Fsp3) is 0.429. The first kappa shape index (κ1) is 18.5. The van der Waals surface area contributed by atoms with E-state index in [4.69, 9.17) is 0 Å². The Morgan fingerprint density at radius 3 is 2.54 bits per heavy atom. The van der Waals surface area contributed by atoms with Crippen LogP contribution in [0.25, 0.3) is 0 Å². The van der Waals surface area contributed by atoms with Gasteiger partial charge in [0.05, 0.1) is 0 Å². The molecule has 0 saturated heterocycles. The molecule has 1 atom stereocenters. The lowest BCUT2D eigenvalue weighted by atomic mass is 9.99. The molecule has 7 heteroatoms. The molecule has 148 valence electrons. The number of carbonyl (C=O) groups excluding carboxylic acids is 2. The quantitative estimate of drug-likeness (QED) is 0.814. The van der Waals surface area contributed by atoms with Gasteiger partial charge in [0.25, 0.3) is 0 Å². The van der Waals surface area contributed by atoms with Crippen molar-refractivity contribution < 1.29 is 14.0 Å². The predicted molar refractivity (Wildman–Crippen MR) is 103 cm³/mol. The van der Waals surface area contributed by atoms with Crippen LogP contribution in [0.5, 0.6) is 0 Å². The fourth-order valence-electron chi connectivity index (χ4n) is 3.91. The molecule has 4 rings (SSSR count). The maximum atomic E-state index is 14.6. The van der Waals surface area contributed by atoms with Crippen LogP contribution in [-0.2, 0) is 11.3 Å². The maximum absolute atomic E-state index is 14.6.